The number of carboxylic acids is 1. The number of urea groups is 1. The number of aliphatic carboxylic acids is 1. The van der Waals surface area contributed by atoms with Crippen molar-refractivity contribution in [3.05, 3.63) is 0 Å². The van der Waals surface area contributed by atoms with E-state index in [9.17, 15) is 9.59 Å². The van der Waals surface area contributed by atoms with Gasteiger partial charge in [-0.3, -0.25) is 4.79 Å². The van der Waals surface area contributed by atoms with Crippen molar-refractivity contribution in [1.82, 2.24) is 9.80 Å². The first kappa shape index (κ1) is 15.8. The van der Waals surface area contributed by atoms with Crippen LogP contribution in [0.3, 0.4) is 0 Å². The molecule has 0 bridgehead atoms. The summed E-state index contributed by atoms with van der Waals surface area (Å²) in [7, 11) is 1.66. The Hall–Kier alpha value is -1.30. The van der Waals surface area contributed by atoms with Gasteiger partial charge in [0.05, 0.1) is 12.5 Å². The number of hydrogen-bond acceptors (Lipinski definition) is 3. The van der Waals surface area contributed by atoms with Crippen molar-refractivity contribution < 1.29 is 19.4 Å². The number of hydrogen-bond donors (Lipinski definition) is 1. The number of likely N-dealkylation sites (tertiary alicyclic amines) is 1. The molecule has 2 atom stereocenters. The summed E-state index contributed by atoms with van der Waals surface area (Å²) in [6.07, 6.45) is 1.96. The highest BCUT2D eigenvalue weighted by Crippen LogP contribution is 2.16. The van der Waals surface area contributed by atoms with E-state index in [1.165, 1.54) is 0 Å². The predicted octanol–water partition coefficient (Wildman–Crippen LogP) is 1.40. The number of nitrogens with zero attached hydrogens (tertiary/aromatic N) is 2. The summed E-state index contributed by atoms with van der Waals surface area (Å²) in [6.45, 7) is 5.46. The summed E-state index contributed by atoms with van der Waals surface area (Å²) in [4.78, 5) is 26.6. The van der Waals surface area contributed by atoms with Crippen molar-refractivity contribution in [1.29, 1.82) is 0 Å². The largest absolute Gasteiger partial charge is 0.481 e. The zero-order valence-electron chi connectivity index (χ0n) is 12.0. The topological polar surface area (TPSA) is 70.1 Å². The zero-order chi connectivity index (χ0) is 14.4. The van der Waals surface area contributed by atoms with Gasteiger partial charge in [-0.25, -0.2) is 4.79 Å². The van der Waals surface area contributed by atoms with Crippen LogP contribution in [0.2, 0.25) is 0 Å². The lowest BCUT2D eigenvalue weighted by molar-refractivity contribution is -0.138. The number of carbonyl (C=O) groups is 2. The maximum absolute atomic E-state index is 12.4. The van der Waals surface area contributed by atoms with Crippen LogP contribution in [-0.4, -0.2) is 65.8 Å². The van der Waals surface area contributed by atoms with E-state index in [1.807, 2.05) is 6.92 Å². The van der Waals surface area contributed by atoms with Crippen LogP contribution in [-0.2, 0) is 9.53 Å². The molecule has 0 aliphatic carbocycles. The molecule has 6 nitrogen and oxygen atoms in total. The van der Waals surface area contributed by atoms with E-state index in [1.54, 1.807) is 23.8 Å². The number of piperidine rings is 1. The number of carbonyl (C=O) groups excluding carboxylic acids is 1. The minimum absolute atomic E-state index is 0.0267. The van der Waals surface area contributed by atoms with Gasteiger partial charge in [0.1, 0.15) is 0 Å². The molecule has 2 unspecified atom stereocenters. The van der Waals surface area contributed by atoms with Crippen molar-refractivity contribution in [2.45, 2.75) is 45.3 Å². The van der Waals surface area contributed by atoms with Gasteiger partial charge in [0, 0.05) is 32.8 Å². The third-order valence-corrected chi connectivity index (χ3v) is 3.57. The van der Waals surface area contributed by atoms with E-state index < -0.39 is 5.97 Å². The minimum atomic E-state index is -0.882. The maximum atomic E-state index is 12.4. The molecule has 0 radical (unpaired) electrons. The van der Waals surface area contributed by atoms with Gasteiger partial charge < -0.3 is 19.6 Å². The lowest BCUT2D eigenvalue weighted by Crippen LogP contribution is -2.52. The molecule has 1 rings (SSSR count). The highest BCUT2D eigenvalue weighted by atomic mass is 16.5. The van der Waals surface area contributed by atoms with Crippen molar-refractivity contribution >= 4 is 12.0 Å². The molecule has 0 aromatic heterocycles. The number of rotatable bonds is 5. The van der Waals surface area contributed by atoms with Crippen molar-refractivity contribution in [2.75, 3.05) is 26.7 Å². The van der Waals surface area contributed by atoms with Crippen LogP contribution in [0.15, 0.2) is 0 Å². The van der Waals surface area contributed by atoms with Gasteiger partial charge in [0.25, 0.3) is 0 Å². The highest BCUT2D eigenvalue weighted by Gasteiger charge is 2.29. The summed E-state index contributed by atoms with van der Waals surface area (Å²) in [5.74, 6) is -0.882. The van der Waals surface area contributed by atoms with E-state index >= 15 is 0 Å². The average molecular weight is 272 g/mol. The Morgan fingerprint density at radius 1 is 1.53 bits per heavy atom. The molecule has 1 fully saturated rings. The first-order valence-electron chi connectivity index (χ1n) is 6.79. The quantitative estimate of drug-likeness (QED) is 0.821. The SMILES string of the molecule is CCN(C(=O)N1CCCC(OC)C1)C(C)CC(=O)O. The summed E-state index contributed by atoms with van der Waals surface area (Å²) in [5, 5.41) is 8.83. The average Bonchev–Trinajstić information content (AvgIpc) is 2.38. The fourth-order valence-electron chi connectivity index (χ4n) is 2.48. The van der Waals surface area contributed by atoms with Crippen LogP contribution >= 0.6 is 0 Å². The van der Waals surface area contributed by atoms with Crippen LogP contribution in [0, 0.1) is 0 Å². The number of carboxylic acid groups (broad SMARTS) is 1. The summed E-state index contributed by atoms with van der Waals surface area (Å²) in [6, 6.07) is -0.379. The third kappa shape index (κ3) is 4.38. The van der Waals surface area contributed by atoms with Crippen LogP contribution in [0.1, 0.15) is 33.1 Å². The van der Waals surface area contributed by atoms with Gasteiger partial charge in [0.15, 0.2) is 0 Å². The van der Waals surface area contributed by atoms with Gasteiger partial charge >= 0.3 is 12.0 Å². The third-order valence-electron chi connectivity index (χ3n) is 3.57. The Kier molecular flexibility index (Phi) is 6.08. The van der Waals surface area contributed by atoms with Crippen molar-refractivity contribution in [2.24, 2.45) is 0 Å². The number of ether oxygens (including phenoxy) is 1. The molecular weight excluding hydrogens is 248 g/mol. The smallest absolute Gasteiger partial charge is 0.320 e. The maximum Gasteiger partial charge on any atom is 0.320 e. The standard InChI is InChI=1S/C13H24N2O4/c1-4-15(10(2)8-12(16)17)13(18)14-7-5-6-11(9-14)19-3/h10-11H,4-9H2,1-3H3,(H,16,17). The van der Waals surface area contributed by atoms with Gasteiger partial charge in [-0.15, -0.1) is 0 Å². The lowest BCUT2D eigenvalue weighted by atomic mass is 10.1. The molecular formula is C13H24N2O4. The van der Waals surface area contributed by atoms with E-state index in [4.69, 9.17) is 9.84 Å². The molecule has 0 aromatic rings. The Balaban J connectivity index is 2.64. The molecule has 1 aliphatic heterocycles. The molecule has 2 amide bonds. The van der Waals surface area contributed by atoms with E-state index in [2.05, 4.69) is 0 Å². The molecule has 6 heteroatoms. The summed E-state index contributed by atoms with van der Waals surface area (Å²) < 4.78 is 5.30. The molecule has 0 aromatic carbocycles. The molecule has 19 heavy (non-hydrogen) atoms. The van der Waals surface area contributed by atoms with Crippen LogP contribution in [0.5, 0.6) is 0 Å². The molecule has 0 spiro atoms. The van der Waals surface area contributed by atoms with Crippen molar-refractivity contribution in [3.63, 3.8) is 0 Å². The number of methoxy groups -OCH3 is 1. The Labute approximate surface area is 114 Å². The number of amides is 2. The minimum Gasteiger partial charge on any atom is -0.481 e. The summed E-state index contributed by atoms with van der Waals surface area (Å²) in [5.41, 5.74) is 0. The van der Waals surface area contributed by atoms with Crippen LogP contribution in [0.25, 0.3) is 0 Å². The molecule has 1 aliphatic rings. The second-order valence-corrected chi connectivity index (χ2v) is 4.96. The van der Waals surface area contributed by atoms with Gasteiger partial charge in [-0.2, -0.15) is 0 Å². The predicted molar refractivity (Wildman–Crippen MR) is 71.1 cm³/mol. The lowest BCUT2D eigenvalue weighted by Gasteiger charge is -2.37. The second-order valence-electron chi connectivity index (χ2n) is 4.96. The molecule has 110 valence electrons. The van der Waals surface area contributed by atoms with Gasteiger partial charge in [-0.05, 0) is 26.7 Å². The zero-order valence-corrected chi connectivity index (χ0v) is 12.0. The molecule has 1 saturated heterocycles. The first-order valence-corrected chi connectivity index (χ1v) is 6.79. The van der Waals surface area contributed by atoms with Gasteiger partial charge in [0.2, 0.25) is 0 Å². The Morgan fingerprint density at radius 2 is 2.21 bits per heavy atom. The van der Waals surface area contributed by atoms with Crippen LogP contribution in [0.4, 0.5) is 4.79 Å². The van der Waals surface area contributed by atoms with E-state index in [0.29, 0.717) is 13.1 Å². The first-order chi connectivity index (χ1) is 8.99. The normalized spacial score (nSPS) is 21.0. The second kappa shape index (κ2) is 7.33. The van der Waals surface area contributed by atoms with Gasteiger partial charge in [-0.1, -0.05) is 0 Å². The van der Waals surface area contributed by atoms with Crippen LogP contribution < -0.4 is 0 Å². The Morgan fingerprint density at radius 3 is 2.74 bits per heavy atom. The summed E-state index contributed by atoms with van der Waals surface area (Å²) >= 11 is 0. The van der Waals surface area contributed by atoms with Crippen molar-refractivity contribution in [3.8, 4) is 0 Å². The van der Waals surface area contributed by atoms with E-state index in [0.717, 1.165) is 19.4 Å². The monoisotopic (exact) mass is 272 g/mol. The van der Waals surface area contributed by atoms with E-state index in [-0.39, 0.29) is 24.6 Å². The highest BCUT2D eigenvalue weighted by molar-refractivity contribution is 5.76. The fraction of sp³-hybridized carbons (Fsp3) is 0.846. The molecule has 0 saturated carbocycles. The fourth-order valence-corrected chi connectivity index (χ4v) is 2.48. The Bertz CT molecular complexity index is 322. The molecule has 1 heterocycles. The molecule has 1 N–H and O–H groups in total.